The highest BCUT2D eigenvalue weighted by molar-refractivity contribution is 6.00. The number of rotatable bonds is 12. The summed E-state index contributed by atoms with van der Waals surface area (Å²) in [6.45, 7) is 16.2. The normalized spacial score (nSPS) is 18.9. The van der Waals surface area contributed by atoms with Crippen LogP contribution in [0.1, 0.15) is 90.5 Å². The van der Waals surface area contributed by atoms with Gasteiger partial charge < -0.3 is 40.5 Å². The summed E-state index contributed by atoms with van der Waals surface area (Å²) in [6, 6.07) is 13.8. The summed E-state index contributed by atoms with van der Waals surface area (Å²) in [7, 11) is 2.50. The molecule has 10 rings (SSSR count). The number of carbonyl (C=O) groups is 6. The zero-order valence-electron chi connectivity index (χ0n) is 42.1. The number of likely N-dealkylation sites (tertiary alicyclic amines) is 2. The summed E-state index contributed by atoms with van der Waals surface area (Å²) in [5, 5.41) is 11.4. The number of ether oxygens (including phenoxy) is 2. The molecule has 4 atom stereocenters. The molecule has 2 aromatic carbocycles. The lowest BCUT2D eigenvalue weighted by Gasteiger charge is -2.30. The molecule has 4 heterocycles. The lowest BCUT2D eigenvalue weighted by molar-refractivity contribution is -0.139. The molecule has 4 aliphatic carbocycles. The number of methoxy groups -OCH3 is 2. The zero-order valence-corrected chi connectivity index (χ0v) is 42.1. The van der Waals surface area contributed by atoms with Crippen molar-refractivity contribution in [1.29, 1.82) is 0 Å². The second kappa shape index (κ2) is 21.0. The van der Waals surface area contributed by atoms with Gasteiger partial charge in [-0.3, -0.25) is 29.1 Å². The van der Waals surface area contributed by atoms with E-state index in [0.29, 0.717) is 37.3 Å². The number of nitrogens with zero attached hydrogens (tertiary/aromatic N) is 4. The molecule has 2 saturated heterocycles. The Labute approximate surface area is 411 Å². The van der Waals surface area contributed by atoms with E-state index in [1.807, 2.05) is 79.9 Å². The summed E-state index contributed by atoms with van der Waals surface area (Å²) >= 11 is 0. The minimum atomic E-state index is -0.855. The molecule has 2 aliphatic heterocycles. The van der Waals surface area contributed by atoms with E-state index in [4.69, 9.17) is 9.47 Å². The second-order valence-corrected chi connectivity index (χ2v) is 21.3. The Kier molecular flexibility index (Phi) is 15.3. The van der Waals surface area contributed by atoms with Crippen molar-refractivity contribution in [2.75, 3.05) is 37.9 Å². The van der Waals surface area contributed by atoms with Crippen LogP contribution in [0.4, 0.5) is 21.0 Å². The molecule has 0 radical (unpaired) electrons. The van der Waals surface area contributed by atoms with E-state index in [9.17, 15) is 28.8 Å². The lowest BCUT2D eigenvalue weighted by Crippen LogP contribution is -2.54. The van der Waals surface area contributed by atoms with Gasteiger partial charge in [0, 0.05) is 36.6 Å². The van der Waals surface area contributed by atoms with Crippen LogP contribution in [0.25, 0.3) is 22.3 Å². The fraction of sp³-hybridized carbons (Fsp3) is 0.481. The number of hydrogen-bond acceptors (Lipinski definition) is 10. The SMILES string of the molecule is COC(=O)N[C@H](C(=O)N1CC(C)(C)C[C@H]1C(=O)Nc1cncc(-c2cc3ccc2CCc2ccc(c(-c4cncc(NC(=O)[C@@H]5CC(C)(C)CN5C(=O)[C@@H](NC(=O)OC)C(C)C)c4)c2)CC3)c1)C(C)C. The number of carbonyl (C=O) groups excluding carboxylic acids is 6. The number of benzene rings is 2. The van der Waals surface area contributed by atoms with Crippen LogP contribution < -0.4 is 21.3 Å². The fourth-order valence-electron chi connectivity index (χ4n) is 10.1. The van der Waals surface area contributed by atoms with Crippen LogP contribution in [-0.4, -0.2) is 107 Å². The van der Waals surface area contributed by atoms with Crippen molar-refractivity contribution in [2.45, 2.75) is 118 Å². The van der Waals surface area contributed by atoms with Gasteiger partial charge in [0.2, 0.25) is 23.6 Å². The number of alkyl carbamates (subject to hydrolysis) is 2. The average Bonchev–Trinajstić information content (AvgIpc) is 3.84. The van der Waals surface area contributed by atoms with Gasteiger partial charge in [-0.15, -0.1) is 0 Å². The maximum absolute atomic E-state index is 14.1. The highest BCUT2D eigenvalue weighted by Crippen LogP contribution is 2.38. The van der Waals surface area contributed by atoms with E-state index in [1.165, 1.54) is 14.2 Å². The highest BCUT2D eigenvalue weighted by Gasteiger charge is 2.47. The van der Waals surface area contributed by atoms with Crippen molar-refractivity contribution >= 4 is 47.2 Å². The van der Waals surface area contributed by atoms with Crippen molar-refractivity contribution in [2.24, 2.45) is 22.7 Å². The molecule has 4 bridgehead atoms. The maximum Gasteiger partial charge on any atom is 0.407 e. The molecule has 4 aromatic rings. The van der Waals surface area contributed by atoms with Crippen LogP contribution in [0.2, 0.25) is 0 Å². The minimum absolute atomic E-state index is 0.233. The number of anilines is 2. The topological polar surface area (TPSA) is 201 Å². The number of aryl methyl sites for hydroxylation is 4. The van der Waals surface area contributed by atoms with Crippen LogP contribution in [0.5, 0.6) is 0 Å². The molecule has 2 fully saturated rings. The van der Waals surface area contributed by atoms with Gasteiger partial charge in [-0.25, -0.2) is 9.59 Å². The molecule has 4 N–H and O–H groups in total. The lowest BCUT2D eigenvalue weighted by atomic mass is 9.88. The van der Waals surface area contributed by atoms with Crippen LogP contribution in [0.3, 0.4) is 0 Å². The van der Waals surface area contributed by atoms with Crippen LogP contribution in [-0.2, 0) is 54.3 Å². The Morgan fingerprint density at radius 1 is 0.571 bits per heavy atom. The second-order valence-electron chi connectivity index (χ2n) is 21.3. The first kappa shape index (κ1) is 51.0. The quantitative estimate of drug-likeness (QED) is 0.110. The molecule has 2 aromatic heterocycles. The largest absolute Gasteiger partial charge is 0.453 e. The number of amides is 6. The molecule has 0 spiro atoms. The number of aromatic nitrogens is 2. The Hall–Kier alpha value is -6.84. The summed E-state index contributed by atoms with van der Waals surface area (Å²) in [5.74, 6) is -1.77. The van der Waals surface area contributed by atoms with Crippen molar-refractivity contribution in [1.82, 2.24) is 30.4 Å². The predicted molar refractivity (Wildman–Crippen MR) is 268 cm³/mol. The van der Waals surface area contributed by atoms with E-state index in [0.717, 1.165) is 70.2 Å². The highest BCUT2D eigenvalue weighted by atomic mass is 16.5. The molecule has 372 valence electrons. The smallest absolute Gasteiger partial charge is 0.407 e. The molecule has 16 heteroatoms. The van der Waals surface area contributed by atoms with Gasteiger partial charge in [0.1, 0.15) is 24.2 Å². The molecule has 0 saturated carbocycles. The first-order valence-electron chi connectivity index (χ1n) is 24.2. The van der Waals surface area contributed by atoms with Gasteiger partial charge in [-0.2, -0.15) is 0 Å². The Morgan fingerprint density at radius 3 is 1.31 bits per heavy atom. The van der Waals surface area contributed by atoms with E-state index < -0.39 is 36.4 Å². The Morgan fingerprint density at radius 2 is 0.957 bits per heavy atom. The predicted octanol–water partition coefficient (Wildman–Crippen LogP) is 7.59. The zero-order chi connectivity index (χ0) is 50.7. The molecule has 6 amide bonds. The number of pyridine rings is 2. The molecule has 70 heavy (non-hydrogen) atoms. The van der Waals surface area contributed by atoms with Gasteiger partial charge in [-0.05, 0) is 107 Å². The molecule has 16 nitrogen and oxygen atoms in total. The summed E-state index contributed by atoms with van der Waals surface area (Å²) in [6.07, 6.45) is 9.27. The third-order valence-electron chi connectivity index (χ3n) is 13.7. The summed E-state index contributed by atoms with van der Waals surface area (Å²) < 4.78 is 9.58. The summed E-state index contributed by atoms with van der Waals surface area (Å²) in [5.41, 5.74) is 8.67. The first-order valence-corrected chi connectivity index (χ1v) is 24.2. The van der Waals surface area contributed by atoms with Gasteiger partial charge in [-0.1, -0.05) is 91.8 Å². The monoisotopic (exact) mass is 957 g/mol. The van der Waals surface area contributed by atoms with E-state index in [1.54, 1.807) is 22.2 Å². The van der Waals surface area contributed by atoms with Gasteiger partial charge in [0.15, 0.2) is 0 Å². The van der Waals surface area contributed by atoms with Gasteiger partial charge >= 0.3 is 12.2 Å². The standard InChI is InChI=1S/C54H68N8O8/c1-31(2)45(59-51(67)69-9)49(65)61-29-53(5,6)23-43(61)47(63)57-39-21-37(25-55-27-39)41-19-33-11-15-35(41)17-13-34-12-16-36(18-14-33)42(20-34)38-22-40(28-56-26-38)58-48(64)44-24-54(7,8)30-62(44)50(66)46(32(3)4)60-52(68)70-10/h11-12,15-16,19-22,25-28,31-32,43-46H,13-14,17-18,23-24,29-30H2,1-10H3,(H,57,63)(H,58,64)(H,59,67)(H,60,68)/t43-,44-,45-,46-/m0/s1. The van der Waals surface area contributed by atoms with Gasteiger partial charge in [0.25, 0.3) is 0 Å². The van der Waals surface area contributed by atoms with E-state index in [2.05, 4.69) is 67.6 Å². The average molecular weight is 957 g/mol. The van der Waals surface area contributed by atoms with Crippen LogP contribution in [0.15, 0.2) is 73.3 Å². The minimum Gasteiger partial charge on any atom is -0.453 e. The Balaban J connectivity index is 1.07. The number of nitrogens with one attached hydrogen (secondary N) is 4. The van der Waals surface area contributed by atoms with E-state index in [-0.39, 0.29) is 46.3 Å². The maximum atomic E-state index is 14.1. The van der Waals surface area contributed by atoms with Crippen molar-refractivity contribution in [3.8, 4) is 22.3 Å². The number of hydrogen-bond donors (Lipinski definition) is 4. The van der Waals surface area contributed by atoms with E-state index >= 15 is 0 Å². The first-order chi connectivity index (χ1) is 33.1. The van der Waals surface area contributed by atoms with Crippen molar-refractivity contribution in [3.05, 3.63) is 95.6 Å². The molecule has 6 aliphatic rings. The molecular weight excluding hydrogens is 889 g/mol. The van der Waals surface area contributed by atoms with Crippen molar-refractivity contribution in [3.63, 3.8) is 0 Å². The molecular formula is C54H68N8O8. The van der Waals surface area contributed by atoms with Crippen LogP contribution >= 0.6 is 0 Å². The summed E-state index contributed by atoms with van der Waals surface area (Å²) in [4.78, 5) is 92.5. The fourth-order valence-corrected chi connectivity index (χ4v) is 10.1. The molecule has 0 unspecified atom stereocenters. The Bertz CT molecular complexity index is 2470. The van der Waals surface area contributed by atoms with Gasteiger partial charge in [0.05, 0.1) is 38.0 Å². The van der Waals surface area contributed by atoms with Crippen molar-refractivity contribution < 1.29 is 38.2 Å². The third-order valence-corrected chi connectivity index (χ3v) is 13.7. The van der Waals surface area contributed by atoms with Crippen LogP contribution in [0, 0.1) is 22.7 Å². The third kappa shape index (κ3) is 11.8.